The van der Waals surface area contributed by atoms with Crippen LogP contribution in [0.4, 0.5) is 0 Å². The van der Waals surface area contributed by atoms with E-state index < -0.39 is 5.54 Å². The molecule has 4 nitrogen and oxygen atoms in total. The molecule has 1 amide bonds. The summed E-state index contributed by atoms with van der Waals surface area (Å²) < 4.78 is 0. The van der Waals surface area contributed by atoms with Crippen LogP contribution in [-0.2, 0) is 4.79 Å². The summed E-state index contributed by atoms with van der Waals surface area (Å²) in [7, 11) is 0. The fourth-order valence-corrected chi connectivity index (χ4v) is 3.72. The molecule has 1 fully saturated rings. The Bertz CT molecular complexity index is 635. The van der Waals surface area contributed by atoms with E-state index in [1.54, 1.807) is 18.2 Å². The lowest BCUT2D eigenvalue weighted by molar-refractivity contribution is -0.117. The molecule has 1 aromatic rings. The first-order valence-corrected chi connectivity index (χ1v) is 7.52. The van der Waals surface area contributed by atoms with Crippen molar-refractivity contribution in [2.75, 3.05) is 0 Å². The Morgan fingerprint density at radius 1 is 1.29 bits per heavy atom. The van der Waals surface area contributed by atoms with Gasteiger partial charge in [-0.15, -0.1) is 0 Å². The molecule has 112 valence electrons. The van der Waals surface area contributed by atoms with Crippen LogP contribution >= 0.6 is 0 Å². The number of aliphatic hydroxyl groups is 1. The van der Waals surface area contributed by atoms with E-state index in [0.29, 0.717) is 11.1 Å². The molecular formula is C17H21NO3. The Kier molecular flexibility index (Phi) is 3.19. The first-order valence-electron chi connectivity index (χ1n) is 7.52. The minimum atomic E-state index is -0.602. The average Bonchev–Trinajstić information content (AvgIpc) is 2.67. The second-order valence-electron chi connectivity index (χ2n) is 6.30. The lowest BCUT2D eigenvalue weighted by atomic mass is 9.73. The van der Waals surface area contributed by atoms with Crippen LogP contribution < -0.4 is 5.32 Å². The van der Waals surface area contributed by atoms with E-state index in [0.717, 1.165) is 31.2 Å². The second-order valence-corrected chi connectivity index (χ2v) is 6.30. The number of hydrogen-bond donors (Lipinski definition) is 3. The van der Waals surface area contributed by atoms with E-state index in [4.69, 9.17) is 0 Å². The number of benzene rings is 1. The van der Waals surface area contributed by atoms with Crippen LogP contribution in [-0.4, -0.2) is 21.7 Å². The number of aryl methyl sites for hydroxylation is 1. The highest BCUT2D eigenvalue weighted by molar-refractivity contribution is 6.23. The number of hydrogen-bond acceptors (Lipinski definition) is 3. The summed E-state index contributed by atoms with van der Waals surface area (Å²) in [4.78, 5) is 12.4. The van der Waals surface area contributed by atoms with E-state index in [1.807, 2.05) is 6.92 Å². The van der Waals surface area contributed by atoms with Gasteiger partial charge in [-0.3, -0.25) is 4.79 Å². The molecule has 1 spiro atoms. The third-order valence-electron chi connectivity index (χ3n) is 5.00. The van der Waals surface area contributed by atoms with Gasteiger partial charge in [-0.25, -0.2) is 0 Å². The van der Waals surface area contributed by atoms with Crippen molar-refractivity contribution in [1.82, 2.24) is 5.32 Å². The van der Waals surface area contributed by atoms with Gasteiger partial charge in [0.2, 0.25) is 0 Å². The number of rotatable bonds is 1. The van der Waals surface area contributed by atoms with Gasteiger partial charge in [0.05, 0.1) is 5.57 Å². The van der Waals surface area contributed by atoms with Crippen molar-refractivity contribution in [1.29, 1.82) is 0 Å². The number of aliphatic hydroxyl groups excluding tert-OH is 1. The highest BCUT2D eigenvalue weighted by Gasteiger charge is 2.50. The molecule has 3 rings (SSSR count). The second kappa shape index (κ2) is 4.79. The largest absolute Gasteiger partial charge is 0.509 e. The molecule has 1 aliphatic heterocycles. The molecule has 0 saturated heterocycles. The zero-order valence-electron chi connectivity index (χ0n) is 12.4. The van der Waals surface area contributed by atoms with Crippen LogP contribution in [0.5, 0.6) is 5.75 Å². The van der Waals surface area contributed by atoms with Crippen molar-refractivity contribution in [2.24, 2.45) is 5.92 Å². The number of carbonyl (C=O) groups is 1. The monoisotopic (exact) mass is 287 g/mol. The van der Waals surface area contributed by atoms with Gasteiger partial charge < -0.3 is 15.5 Å². The molecule has 3 N–H and O–H groups in total. The molecular weight excluding hydrogens is 266 g/mol. The van der Waals surface area contributed by atoms with Crippen molar-refractivity contribution in [2.45, 2.75) is 45.1 Å². The smallest absolute Gasteiger partial charge is 0.256 e. The predicted molar refractivity (Wildman–Crippen MR) is 80.9 cm³/mol. The first kappa shape index (κ1) is 14.0. The molecule has 0 radical (unpaired) electrons. The number of phenolic OH excluding ortho intramolecular Hbond substituents is 1. The van der Waals surface area contributed by atoms with Gasteiger partial charge in [0.25, 0.3) is 5.91 Å². The summed E-state index contributed by atoms with van der Waals surface area (Å²) in [6, 6.07) is 4.85. The molecule has 2 atom stereocenters. The average molecular weight is 287 g/mol. The molecule has 4 heteroatoms. The minimum absolute atomic E-state index is 0.162. The Hall–Kier alpha value is -1.97. The number of carbonyl (C=O) groups excluding carboxylic acids is 1. The predicted octanol–water partition coefficient (Wildman–Crippen LogP) is 3.05. The van der Waals surface area contributed by atoms with Crippen molar-refractivity contribution in [3.8, 4) is 5.75 Å². The summed E-state index contributed by atoms with van der Waals surface area (Å²) >= 11 is 0. The van der Waals surface area contributed by atoms with Gasteiger partial charge in [-0.05, 0) is 48.9 Å². The molecule has 1 saturated carbocycles. The quantitative estimate of drug-likeness (QED) is 0.743. The first-order chi connectivity index (χ1) is 9.95. The summed E-state index contributed by atoms with van der Waals surface area (Å²) in [5, 5.41) is 23.3. The van der Waals surface area contributed by atoms with Crippen LogP contribution in [0.1, 0.15) is 43.7 Å². The van der Waals surface area contributed by atoms with Crippen molar-refractivity contribution in [3.05, 3.63) is 35.1 Å². The molecule has 2 unspecified atom stereocenters. The third-order valence-corrected chi connectivity index (χ3v) is 5.00. The van der Waals surface area contributed by atoms with Crippen molar-refractivity contribution < 1.29 is 15.0 Å². The normalized spacial score (nSPS) is 29.0. The zero-order valence-corrected chi connectivity index (χ0v) is 12.4. The van der Waals surface area contributed by atoms with E-state index in [-0.39, 0.29) is 23.3 Å². The summed E-state index contributed by atoms with van der Waals surface area (Å²) in [5.74, 6) is 0.351. The van der Waals surface area contributed by atoms with Gasteiger partial charge in [0, 0.05) is 0 Å². The standard InChI is InChI=1S/C17H21NO3/c1-10-9-12(19)6-7-13(10)14-15(20)17(18-16(14)21)8-4-3-5-11(17)2/h6-7,9,11,19-20H,3-5,8H2,1-2H3,(H,18,21). The molecule has 21 heavy (non-hydrogen) atoms. The number of amides is 1. The molecule has 1 heterocycles. The highest BCUT2D eigenvalue weighted by atomic mass is 16.3. The zero-order chi connectivity index (χ0) is 15.2. The number of phenols is 1. The third kappa shape index (κ3) is 2.01. The molecule has 2 aliphatic rings. The van der Waals surface area contributed by atoms with Gasteiger partial charge in [-0.1, -0.05) is 25.8 Å². The van der Waals surface area contributed by atoms with Crippen LogP contribution in [0, 0.1) is 12.8 Å². The van der Waals surface area contributed by atoms with Gasteiger partial charge in [0.15, 0.2) is 0 Å². The van der Waals surface area contributed by atoms with Crippen LogP contribution in [0.3, 0.4) is 0 Å². The topological polar surface area (TPSA) is 69.6 Å². The van der Waals surface area contributed by atoms with Crippen LogP contribution in [0.25, 0.3) is 5.57 Å². The van der Waals surface area contributed by atoms with Gasteiger partial charge in [-0.2, -0.15) is 0 Å². The molecule has 1 aliphatic carbocycles. The van der Waals surface area contributed by atoms with Crippen LogP contribution in [0.15, 0.2) is 24.0 Å². The Labute approximate surface area is 124 Å². The van der Waals surface area contributed by atoms with Gasteiger partial charge >= 0.3 is 0 Å². The Balaban J connectivity index is 2.12. The Morgan fingerprint density at radius 2 is 2.05 bits per heavy atom. The fourth-order valence-electron chi connectivity index (χ4n) is 3.72. The summed E-state index contributed by atoms with van der Waals surface area (Å²) in [6.07, 6.45) is 3.94. The maximum atomic E-state index is 12.4. The van der Waals surface area contributed by atoms with Gasteiger partial charge in [0.1, 0.15) is 17.0 Å². The molecule has 0 bridgehead atoms. The minimum Gasteiger partial charge on any atom is -0.509 e. The maximum absolute atomic E-state index is 12.4. The number of aromatic hydroxyl groups is 1. The maximum Gasteiger partial charge on any atom is 0.256 e. The number of nitrogens with one attached hydrogen (secondary N) is 1. The lowest BCUT2D eigenvalue weighted by Crippen LogP contribution is -2.51. The van der Waals surface area contributed by atoms with E-state index in [1.165, 1.54) is 0 Å². The molecule has 0 aromatic heterocycles. The van der Waals surface area contributed by atoms with Crippen molar-refractivity contribution >= 4 is 11.5 Å². The SMILES string of the molecule is Cc1cc(O)ccc1C1=C(O)C2(CCCCC2C)NC1=O. The fraction of sp³-hybridized carbons (Fsp3) is 0.471. The van der Waals surface area contributed by atoms with Crippen LogP contribution in [0.2, 0.25) is 0 Å². The summed E-state index contributed by atoms with van der Waals surface area (Å²) in [6.45, 7) is 3.92. The summed E-state index contributed by atoms with van der Waals surface area (Å²) in [5.41, 5.74) is 1.24. The van der Waals surface area contributed by atoms with E-state index in [2.05, 4.69) is 12.2 Å². The van der Waals surface area contributed by atoms with E-state index in [9.17, 15) is 15.0 Å². The molecule has 1 aromatic carbocycles. The van der Waals surface area contributed by atoms with E-state index >= 15 is 0 Å². The highest BCUT2D eigenvalue weighted by Crippen LogP contribution is 2.45. The lowest BCUT2D eigenvalue weighted by Gasteiger charge is -2.39. The Morgan fingerprint density at radius 3 is 2.71 bits per heavy atom. The van der Waals surface area contributed by atoms with Crippen molar-refractivity contribution in [3.63, 3.8) is 0 Å².